The van der Waals surface area contributed by atoms with E-state index in [1.54, 1.807) is 24.4 Å². The Kier molecular flexibility index (Phi) is 2.54. The van der Waals surface area contributed by atoms with Crippen LogP contribution >= 0.6 is 0 Å². The second-order valence-electron chi connectivity index (χ2n) is 2.43. The highest BCUT2D eigenvalue weighted by atomic mass is 16.1. The van der Waals surface area contributed by atoms with Crippen molar-refractivity contribution in [1.82, 2.24) is 4.98 Å². The molecule has 0 bridgehead atoms. The van der Waals surface area contributed by atoms with Crippen LogP contribution in [0.3, 0.4) is 0 Å². The minimum absolute atomic E-state index is 0.170. The fraction of sp³-hybridized carbons (Fsp3) is 0.222. The minimum Gasteiger partial charge on any atom is -0.298 e. The molecule has 12 heavy (non-hydrogen) atoms. The number of aromatic nitrogens is 1. The van der Waals surface area contributed by atoms with Gasteiger partial charge < -0.3 is 0 Å². The Morgan fingerprint density at radius 1 is 1.67 bits per heavy atom. The quantitative estimate of drug-likeness (QED) is 0.654. The van der Waals surface area contributed by atoms with Gasteiger partial charge >= 0.3 is 0 Å². The Hall–Kier alpha value is -1.69. The van der Waals surface area contributed by atoms with Crippen LogP contribution in [0.15, 0.2) is 24.4 Å². The van der Waals surface area contributed by atoms with Crippen LogP contribution in [0.4, 0.5) is 0 Å². The average molecular weight is 160 g/mol. The van der Waals surface area contributed by atoms with Crippen molar-refractivity contribution >= 4 is 5.78 Å². The number of pyridine rings is 1. The van der Waals surface area contributed by atoms with Gasteiger partial charge in [-0.1, -0.05) is 6.07 Å². The Morgan fingerprint density at radius 3 is 2.83 bits per heavy atom. The molecular formula is C9H8N2O. The van der Waals surface area contributed by atoms with E-state index >= 15 is 0 Å². The van der Waals surface area contributed by atoms with Crippen molar-refractivity contribution in [3.63, 3.8) is 0 Å². The zero-order valence-electron chi connectivity index (χ0n) is 6.69. The van der Waals surface area contributed by atoms with Crippen molar-refractivity contribution in [1.29, 1.82) is 5.26 Å². The average Bonchev–Trinajstić information content (AvgIpc) is 2.07. The molecule has 0 N–H and O–H groups in total. The van der Waals surface area contributed by atoms with Crippen molar-refractivity contribution in [2.75, 3.05) is 0 Å². The molecule has 0 aliphatic rings. The Bertz CT molecular complexity index is 313. The first-order valence-corrected chi connectivity index (χ1v) is 3.56. The number of rotatable bonds is 2. The van der Waals surface area contributed by atoms with Gasteiger partial charge in [0, 0.05) is 6.20 Å². The second kappa shape index (κ2) is 3.63. The molecule has 60 valence electrons. The van der Waals surface area contributed by atoms with Crippen LogP contribution in [0.1, 0.15) is 18.5 Å². The Morgan fingerprint density at radius 2 is 2.42 bits per heavy atom. The molecule has 3 nitrogen and oxygen atoms in total. The van der Waals surface area contributed by atoms with Crippen LogP contribution < -0.4 is 0 Å². The van der Waals surface area contributed by atoms with E-state index in [0.29, 0.717) is 5.69 Å². The molecule has 1 rings (SSSR count). The van der Waals surface area contributed by atoms with Gasteiger partial charge in [0.15, 0.2) is 5.78 Å². The van der Waals surface area contributed by atoms with E-state index < -0.39 is 5.92 Å². The monoisotopic (exact) mass is 160 g/mol. The Labute approximate surface area is 70.7 Å². The lowest BCUT2D eigenvalue weighted by Crippen LogP contribution is -2.07. The molecule has 0 saturated carbocycles. The molecule has 3 heteroatoms. The first-order valence-electron chi connectivity index (χ1n) is 3.56. The predicted octanol–water partition coefficient (Wildman–Crippen LogP) is 1.28. The van der Waals surface area contributed by atoms with Crippen molar-refractivity contribution in [3.8, 4) is 6.07 Å². The first-order chi connectivity index (χ1) is 5.75. The van der Waals surface area contributed by atoms with Crippen LogP contribution in [0.25, 0.3) is 0 Å². The van der Waals surface area contributed by atoms with Gasteiger partial charge in [0.1, 0.15) is 5.92 Å². The Balaban J connectivity index is 2.98. The number of nitrogens with zero attached hydrogens (tertiary/aromatic N) is 2. The number of hydrogen-bond donors (Lipinski definition) is 0. The highest BCUT2D eigenvalue weighted by Gasteiger charge is 2.15. The lowest BCUT2D eigenvalue weighted by molar-refractivity contribution is -0.117. The third-order valence-corrected chi connectivity index (χ3v) is 1.52. The molecule has 0 amide bonds. The predicted molar refractivity (Wildman–Crippen MR) is 43.3 cm³/mol. The van der Waals surface area contributed by atoms with E-state index in [9.17, 15) is 4.79 Å². The number of carbonyl (C=O) groups excluding carboxylic acids is 1. The van der Waals surface area contributed by atoms with Gasteiger partial charge in [0.05, 0.1) is 11.8 Å². The molecule has 1 aromatic heterocycles. The summed E-state index contributed by atoms with van der Waals surface area (Å²) in [6.07, 6.45) is 1.57. The van der Waals surface area contributed by atoms with Gasteiger partial charge in [-0.25, -0.2) is 0 Å². The number of Topliss-reactive ketones (excluding diaryl/α,β-unsaturated/α-hetero) is 1. The van der Waals surface area contributed by atoms with Gasteiger partial charge in [-0.15, -0.1) is 0 Å². The summed E-state index contributed by atoms with van der Waals surface area (Å²) in [5.41, 5.74) is 0.521. The zero-order chi connectivity index (χ0) is 8.97. The molecule has 0 aliphatic carbocycles. The summed E-state index contributed by atoms with van der Waals surface area (Å²) < 4.78 is 0. The fourth-order valence-electron chi connectivity index (χ4n) is 0.912. The first kappa shape index (κ1) is 8.41. The maximum Gasteiger partial charge on any atom is 0.153 e. The largest absolute Gasteiger partial charge is 0.298 e. The third kappa shape index (κ3) is 1.67. The van der Waals surface area contributed by atoms with E-state index in [0.717, 1.165) is 0 Å². The van der Waals surface area contributed by atoms with Gasteiger partial charge in [0.2, 0.25) is 0 Å². The summed E-state index contributed by atoms with van der Waals surface area (Å²) in [7, 11) is 0. The van der Waals surface area contributed by atoms with E-state index in [2.05, 4.69) is 4.98 Å². The maximum absolute atomic E-state index is 10.9. The fourth-order valence-corrected chi connectivity index (χ4v) is 0.912. The van der Waals surface area contributed by atoms with Crippen molar-refractivity contribution in [3.05, 3.63) is 30.1 Å². The van der Waals surface area contributed by atoms with Crippen molar-refractivity contribution < 1.29 is 4.79 Å². The summed E-state index contributed by atoms with van der Waals surface area (Å²) in [5.74, 6) is -0.887. The normalized spacial score (nSPS) is 11.7. The molecule has 0 spiro atoms. The molecule has 1 aromatic rings. The number of hydrogen-bond acceptors (Lipinski definition) is 3. The van der Waals surface area contributed by atoms with Crippen molar-refractivity contribution in [2.45, 2.75) is 12.8 Å². The molecule has 0 aliphatic heterocycles. The molecule has 1 heterocycles. The SMILES string of the molecule is CC(=O)[C@@H](C#N)c1ccccn1. The summed E-state index contributed by atoms with van der Waals surface area (Å²) in [6.45, 7) is 1.39. The minimum atomic E-state index is -0.716. The second-order valence-corrected chi connectivity index (χ2v) is 2.43. The molecule has 0 aromatic carbocycles. The lowest BCUT2D eigenvalue weighted by atomic mass is 10.0. The molecule has 0 fully saturated rings. The van der Waals surface area contributed by atoms with Crippen LogP contribution in [0.5, 0.6) is 0 Å². The smallest absolute Gasteiger partial charge is 0.153 e. The molecule has 1 atom stereocenters. The van der Waals surface area contributed by atoms with E-state index in [4.69, 9.17) is 5.26 Å². The standard InChI is InChI=1S/C9H8N2O/c1-7(12)8(6-10)9-4-2-3-5-11-9/h2-5,8H,1H3/t8-/m1/s1. The van der Waals surface area contributed by atoms with Crippen molar-refractivity contribution in [2.24, 2.45) is 0 Å². The highest BCUT2D eigenvalue weighted by molar-refractivity contribution is 5.85. The summed E-state index contributed by atoms with van der Waals surface area (Å²) in [4.78, 5) is 14.8. The third-order valence-electron chi connectivity index (χ3n) is 1.52. The zero-order valence-corrected chi connectivity index (χ0v) is 6.69. The van der Waals surface area contributed by atoms with Gasteiger partial charge in [-0.3, -0.25) is 9.78 Å². The van der Waals surface area contributed by atoms with Crippen LogP contribution in [-0.2, 0) is 4.79 Å². The molecule has 0 radical (unpaired) electrons. The van der Waals surface area contributed by atoms with E-state index in [1.165, 1.54) is 6.92 Å². The molecular weight excluding hydrogens is 152 g/mol. The topological polar surface area (TPSA) is 53.8 Å². The van der Waals surface area contributed by atoms with Crippen LogP contribution in [0.2, 0.25) is 0 Å². The lowest BCUT2D eigenvalue weighted by Gasteiger charge is -2.01. The summed E-state index contributed by atoms with van der Waals surface area (Å²) in [5, 5.41) is 8.64. The van der Waals surface area contributed by atoms with E-state index in [1.807, 2.05) is 6.07 Å². The summed E-state index contributed by atoms with van der Waals surface area (Å²) in [6, 6.07) is 7.09. The van der Waals surface area contributed by atoms with Gasteiger partial charge in [-0.2, -0.15) is 5.26 Å². The number of carbonyl (C=O) groups is 1. The number of ketones is 1. The molecule has 0 unspecified atom stereocenters. The number of nitriles is 1. The van der Waals surface area contributed by atoms with Gasteiger partial charge in [-0.05, 0) is 19.1 Å². The van der Waals surface area contributed by atoms with Crippen LogP contribution in [-0.4, -0.2) is 10.8 Å². The van der Waals surface area contributed by atoms with Gasteiger partial charge in [0.25, 0.3) is 0 Å². The highest BCUT2D eigenvalue weighted by Crippen LogP contribution is 2.11. The maximum atomic E-state index is 10.9. The molecule has 0 saturated heterocycles. The van der Waals surface area contributed by atoms with E-state index in [-0.39, 0.29) is 5.78 Å². The van der Waals surface area contributed by atoms with Crippen LogP contribution in [0, 0.1) is 11.3 Å². The summed E-state index contributed by atoms with van der Waals surface area (Å²) >= 11 is 0.